The monoisotopic (exact) mass is 299 g/mol. The molecule has 1 amide bonds. The molecular formula is C16H21N5O. The molecule has 2 aromatic rings. The number of aryl methyl sites for hydroxylation is 2. The zero-order valence-corrected chi connectivity index (χ0v) is 13.3. The van der Waals surface area contributed by atoms with Crippen LogP contribution in [0.25, 0.3) is 11.5 Å². The number of H-pyrrole nitrogens is 1. The lowest BCUT2D eigenvalue weighted by molar-refractivity contribution is -0.130. The minimum atomic E-state index is 0.136. The van der Waals surface area contributed by atoms with Crippen molar-refractivity contribution in [3.8, 4) is 11.5 Å². The van der Waals surface area contributed by atoms with Crippen molar-refractivity contribution in [3.63, 3.8) is 0 Å². The molecule has 116 valence electrons. The molecule has 6 nitrogen and oxygen atoms in total. The Balaban J connectivity index is 1.90. The van der Waals surface area contributed by atoms with Crippen LogP contribution in [0.1, 0.15) is 42.9 Å². The number of carbonyl (C=O) groups excluding carboxylic acids is 1. The highest BCUT2D eigenvalue weighted by Gasteiger charge is 2.24. The highest BCUT2D eigenvalue weighted by atomic mass is 16.2. The SMILES string of the molecule is CC(=O)N1CCC[C@@H](c2cc(-c3ncc(C)[nH]3)nc(C)n2)C1. The summed E-state index contributed by atoms with van der Waals surface area (Å²) in [7, 11) is 0. The maximum Gasteiger partial charge on any atom is 0.219 e. The van der Waals surface area contributed by atoms with E-state index >= 15 is 0 Å². The molecule has 0 radical (unpaired) electrons. The Hall–Kier alpha value is -2.24. The van der Waals surface area contributed by atoms with Crippen molar-refractivity contribution < 1.29 is 4.79 Å². The Morgan fingerprint density at radius 2 is 2.18 bits per heavy atom. The maximum absolute atomic E-state index is 11.6. The van der Waals surface area contributed by atoms with Gasteiger partial charge in [-0.1, -0.05) is 0 Å². The van der Waals surface area contributed by atoms with Gasteiger partial charge in [-0.15, -0.1) is 0 Å². The smallest absolute Gasteiger partial charge is 0.219 e. The Kier molecular flexibility index (Phi) is 3.92. The third-order valence-corrected chi connectivity index (χ3v) is 4.09. The third kappa shape index (κ3) is 3.00. The van der Waals surface area contributed by atoms with Gasteiger partial charge in [-0.05, 0) is 32.8 Å². The molecule has 0 bridgehead atoms. The first-order valence-electron chi connectivity index (χ1n) is 7.66. The van der Waals surface area contributed by atoms with E-state index in [2.05, 4.69) is 19.9 Å². The van der Waals surface area contributed by atoms with Crippen LogP contribution >= 0.6 is 0 Å². The molecule has 0 spiro atoms. The van der Waals surface area contributed by atoms with E-state index in [4.69, 9.17) is 0 Å². The molecule has 2 aromatic heterocycles. The number of nitrogens with one attached hydrogen (secondary N) is 1. The van der Waals surface area contributed by atoms with Crippen molar-refractivity contribution in [2.24, 2.45) is 0 Å². The van der Waals surface area contributed by atoms with Gasteiger partial charge in [0.15, 0.2) is 5.82 Å². The molecule has 0 unspecified atom stereocenters. The van der Waals surface area contributed by atoms with E-state index < -0.39 is 0 Å². The van der Waals surface area contributed by atoms with Gasteiger partial charge in [0.05, 0.1) is 0 Å². The highest BCUT2D eigenvalue weighted by Crippen LogP contribution is 2.27. The molecular weight excluding hydrogens is 278 g/mol. The number of likely N-dealkylation sites (tertiary alicyclic amines) is 1. The van der Waals surface area contributed by atoms with E-state index in [1.54, 1.807) is 13.1 Å². The second-order valence-electron chi connectivity index (χ2n) is 5.94. The molecule has 3 heterocycles. The van der Waals surface area contributed by atoms with Crippen molar-refractivity contribution in [2.45, 2.75) is 39.5 Å². The van der Waals surface area contributed by atoms with E-state index in [1.807, 2.05) is 24.8 Å². The number of imidazole rings is 1. The topological polar surface area (TPSA) is 74.8 Å². The van der Waals surface area contributed by atoms with Crippen LogP contribution in [0.15, 0.2) is 12.3 Å². The molecule has 1 N–H and O–H groups in total. The molecule has 3 rings (SSSR count). The normalized spacial score (nSPS) is 18.5. The van der Waals surface area contributed by atoms with Crippen molar-refractivity contribution >= 4 is 5.91 Å². The van der Waals surface area contributed by atoms with Gasteiger partial charge in [-0.3, -0.25) is 4.79 Å². The van der Waals surface area contributed by atoms with Crippen LogP contribution in [0.4, 0.5) is 0 Å². The van der Waals surface area contributed by atoms with Gasteiger partial charge >= 0.3 is 0 Å². The predicted octanol–water partition coefficient (Wildman–Crippen LogP) is 2.21. The fourth-order valence-corrected chi connectivity index (χ4v) is 2.97. The minimum Gasteiger partial charge on any atom is -0.342 e. The van der Waals surface area contributed by atoms with Gasteiger partial charge in [-0.2, -0.15) is 0 Å². The number of aromatic nitrogens is 4. The number of nitrogens with zero attached hydrogens (tertiary/aromatic N) is 4. The molecule has 1 fully saturated rings. The molecule has 6 heteroatoms. The number of aromatic amines is 1. The zero-order chi connectivity index (χ0) is 15.7. The number of hydrogen-bond donors (Lipinski definition) is 1. The summed E-state index contributed by atoms with van der Waals surface area (Å²) in [6, 6.07) is 2.00. The fourth-order valence-electron chi connectivity index (χ4n) is 2.97. The highest BCUT2D eigenvalue weighted by molar-refractivity contribution is 5.73. The average Bonchev–Trinajstić information content (AvgIpc) is 2.93. The van der Waals surface area contributed by atoms with Crippen LogP contribution in [0, 0.1) is 13.8 Å². The van der Waals surface area contributed by atoms with Gasteiger partial charge < -0.3 is 9.88 Å². The molecule has 0 aromatic carbocycles. The lowest BCUT2D eigenvalue weighted by Gasteiger charge is -2.31. The van der Waals surface area contributed by atoms with Crippen molar-refractivity contribution in [1.29, 1.82) is 0 Å². The first kappa shape index (κ1) is 14.7. The fraction of sp³-hybridized carbons (Fsp3) is 0.500. The summed E-state index contributed by atoms with van der Waals surface area (Å²) in [5.41, 5.74) is 2.83. The predicted molar refractivity (Wildman–Crippen MR) is 83.3 cm³/mol. The van der Waals surface area contributed by atoms with Crippen LogP contribution < -0.4 is 0 Å². The van der Waals surface area contributed by atoms with Gasteiger partial charge in [-0.25, -0.2) is 15.0 Å². The molecule has 22 heavy (non-hydrogen) atoms. The maximum atomic E-state index is 11.6. The summed E-state index contributed by atoms with van der Waals surface area (Å²) in [4.78, 5) is 30.1. The lowest BCUT2D eigenvalue weighted by atomic mass is 9.94. The second-order valence-corrected chi connectivity index (χ2v) is 5.94. The van der Waals surface area contributed by atoms with Crippen molar-refractivity contribution in [1.82, 2.24) is 24.8 Å². The van der Waals surface area contributed by atoms with E-state index in [0.29, 0.717) is 0 Å². The number of amides is 1. The molecule has 1 saturated heterocycles. The van der Waals surface area contributed by atoms with Crippen LogP contribution in [0.5, 0.6) is 0 Å². The van der Waals surface area contributed by atoms with Crippen LogP contribution in [-0.4, -0.2) is 43.8 Å². The molecule has 0 aliphatic carbocycles. The second kappa shape index (κ2) is 5.87. The van der Waals surface area contributed by atoms with Crippen LogP contribution in [0.2, 0.25) is 0 Å². The first-order chi connectivity index (χ1) is 10.5. The number of hydrogen-bond acceptors (Lipinski definition) is 4. The van der Waals surface area contributed by atoms with Gasteiger partial charge in [0.2, 0.25) is 5.91 Å². The standard InChI is InChI=1S/C16H21N5O/c1-10-8-17-16(18-10)15-7-14(19-11(2)20-15)13-5-4-6-21(9-13)12(3)22/h7-8,13H,4-6,9H2,1-3H3,(H,17,18)/t13-/m1/s1. The summed E-state index contributed by atoms with van der Waals surface area (Å²) in [6.07, 6.45) is 3.86. The summed E-state index contributed by atoms with van der Waals surface area (Å²) in [5, 5.41) is 0. The van der Waals surface area contributed by atoms with Crippen LogP contribution in [0.3, 0.4) is 0 Å². The van der Waals surface area contributed by atoms with Crippen molar-refractivity contribution in [3.05, 3.63) is 29.5 Å². The molecule has 1 atom stereocenters. The summed E-state index contributed by atoms with van der Waals surface area (Å²) < 4.78 is 0. The molecule has 0 saturated carbocycles. The first-order valence-corrected chi connectivity index (χ1v) is 7.66. The number of carbonyl (C=O) groups is 1. The van der Waals surface area contributed by atoms with Gasteiger partial charge in [0.1, 0.15) is 11.5 Å². The zero-order valence-electron chi connectivity index (χ0n) is 13.3. The summed E-state index contributed by atoms with van der Waals surface area (Å²) in [5.74, 6) is 1.91. The Bertz CT molecular complexity index is 694. The van der Waals surface area contributed by atoms with E-state index in [-0.39, 0.29) is 11.8 Å². The largest absolute Gasteiger partial charge is 0.342 e. The summed E-state index contributed by atoms with van der Waals surface area (Å²) in [6.45, 7) is 7.08. The van der Waals surface area contributed by atoms with Crippen molar-refractivity contribution in [2.75, 3.05) is 13.1 Å². The van der Waals surface area contributed by atoms with E-state index in [1.165, 1.54) is 0 Å². The van der Waals surface area contributed by atoms with E-state index in [0.717, 1.165) is 54.7 Å². The van der Waals surface area contributed by atoms with Gasteiger partial charge in [0.25, 0.3) is 0 Å². The number of piperidine rings is 1. The Morgan fingerprint density at radius 3 is 2.86 bits per heavy atom. The van der Waals surface area contributed by atoms with E-state index in [9.17, 15) is 4.79 Å². The average molecular weight is 299 g/mol. The molecule has 1 aliphatic rings. The summed E-state index contributed by atoms with van der Waals surface area (Å²) >= 11 is 0. The molecule has 1 aliphatic heterocycles. The minimum absolute atomic E-state index is 0.136. The number of rotatable bonds is 2. The lowest BCUT2D eigenvalue weighted by Crippen LogP contribution is -2.37. The quantitative estimate of drug-likeness (QED) is 0.922. The van der Waals surface area contributed by atoms with Crippen LogP contribution in [-0.2, 0) is 4.79 Å². The Morgan fingerprint density at radius 1 is 1.36 bits per heavy atom. The Labute approximate surface area is 130 Å². The van der Waals surface area contributed by atoms with Gasteiger partial charge in [0, 0.05) is 43.5 Å². The third-order valence-electron chi connectivity index (χ3n) is 4.09.